The van der Waals surface area contributed by atoms with Gasteiger partial charge in [0, 0.05) is 31.5 Å². The molecule has 2 aromatic rings. The molecule has 1 aliphatic rings. The Morgan fingerprint density at radius 1 is 1.30 bits per heavy atom. The summed E-state index contributed by atoms with van der Waals surface area (Å²) >= 11 is 1.08. The minimum absolute atomic E-state index is 0.0172. The number of carbonyl (C=O) groups is 2. The maximum absolute atomic E-state index is 14.1. The molecule has 1 fully saturated rings. The van der Waals surface area contributed by atoms with Crippen LogP contribution in [0, 0.1) is 11.7 Å². The molecular weight excluding hydrogens is 422 g/mol. The second kappa shape index (κ2) is 8.95. The van der Waals surface area contributed by atoms with E-state index in [2.05, 4.69) is 4.98 Å². The van der Waals surface area contributed by atoms with Crippen molar-refractivity contribution in [3.8, 4) is 0 Å². The number of amides is 2. The monoisotopic (exact) mass is 441 g/mol. The Balaban J connectivity index is 1.73. The van der Waals surface area contributed by atoms with Gasteiger partial charge in [0.2, 0.25) is 11.8 Å². The standard InChI is InChI=1S/C20H19F4N3O2S/c1-13(28)27(17-7-3-2-6-16(17)21)19-25-15(12-30-19)8-9-18(29)26-10-4-5-14(11-26)20(22,23)24/h2-3,6-9,12,14H,4-5,10-11H2,1H3/b9-8+. The van der Waals surface area contributed by atoms with E-state index >= 15 is 0 Å². The van der Waals surface area contributed by atoms with Crippen LogP contribution in [0.15, 0.2) is 35.7 Å². The zero-order chi connectivity index (χ0) is 21.9. The smallest absolute Gasteiger partial charge is 0.339 e. The van der Waals surface area contributed by atoms with Crippen LogP contribution in [0.5, 0.6) is 0 Å². The maximum atomic E-state index is 14.1. The summed E-state index contributed by atoms with van der Waals surface area (Å²) in [6, 6.07) is 5.77. The number of benzene rings is 1. The third kappa shape index (κ3) is 5.05. The molecule has 2 heterocycles. The lowest BCUT2D eigenvalue weighted by Crippen LogP contribution is -2.44. The van der Waals surface area contributed by atoms with Crippen LogP contribution in [0.2, 0.25) is 0 Å². The molecule has 0 aliphatic carbocycles. The molecule has 5 nitrogen and oxygen atoms in total. The predicted octanol–water partition coefficient (Wildman–Crippen LogP) is 4.78. The van der Waals surface area contributed by atoms with Crippen LogP contribution < -0.4 is 4.90 Å². The van der Waals surface area contributed by atoms with E-state index in [9.17, 15) is 27.2 Å². The number of carbonyl (C=O) groups excluding carboxylic acids is 2. The molecule has 2 amide bonds. The highest BCUT2D eigenvalue weighted by Crippen LogP contribution is 2.33. The number of halogens is 4. The van der Waals surface area contributed by atoms with Crippen LogP contribution in [-0.2, 0) is 9.59 Å². The third-order valence-corrected chi connectivity index (χ3v) is 5.55. The van der Waals surface area contributed by atoms with Gasteiger partial charge < -0.3 is 4.90 Å². The molecular formula is C20H19F4N3O2S. The number of piperidine rings is 1. The molecule has 30 heavy (non-hydrogen) atoms. The summed E-state index contributed by atoms with van der Waals surface area (Å²) in [5.41, 5.74) is 0.396. The molecule has 0 bridgehead atoms. The first-order chi connectivity index (χ1) is 14.2. The van der Waals surface area contributed by atoms with Gasteiger partial charge in [-0.05, 0) is 31.1 Å². The summed E-state index contributed by atoms with van der Waals surface area (Å²) in [5, 5.41) is 1.79. The number of para-hydroxylation sites is 1. The quantitative estimate of drug-likeness (QED) is 0.507. The molecule has 10 heteroatoms. The zero-order valence-electron chi connectivity index (χ0n) is 16.0. The van der Waals surface area contributed by atoms with E-state index in [4.69, 9.17) is 0 Å². The van der Waals surface area contributed by atoms with Gasteiger partial charge in [0.15, 0.2) is 5.13 Å². The predicted molar refractivity (Wildman–Crippen MR) is 106 cm³/mol. The second-order valence-electron chi connectivity index (χ2n) is 6.86. The molecule has 1 aromatic heterocycles. The fourth-order valence-corrected chi connectivity index (χ4v) is 4.05. The van der Waals surface area contributed by atoms with Gasteiger partial charge in [-0.3, -0.25) is 14.5 Å². The minimum atomic E-state index is -4.32. The average molecular weight is 441 g/mol. The van der Waals surface area contributed by atoms with Gasteiger partial charge in [0.1, 0.15) is 5.82 Å². The van der Waals surface area contributed by atoms with Gasteiger partial charge in [-0.2, -0.15) is 13.2 Å². The summed E-state index contributed by atoms with van der Waals surface area (Å²) in [4.78, 5) is 30.9. The number of aromatic nitrogens is 1. The SMILES string of the molecule is CC(=O)N(c1nc(/C=C/C(=O)N2CCCC(C(F)(F)F)C2)cs1)c1ccccc1F. The molecule has 1 saturated heterocycles. The number of hydrogen-bond donors (Lipinski definition) is 0. The number of nitrogens with zero attached hydrogens (tertiary/aromatic N) is 3. The van der Waals surface area contributed by atoms with Crippen molar-refractivity contribution in [1.29, 1.82) is 0 Å². The highest BCUT2D eigenvalue weighted by atomic mass is 32.1. The fourth-order valence-electron chi connectivity index (χ4n) is 3.20. The third-order valence-electron chi connectivity index (χ3n) is 4.70. The number of likely N-dealkylation sites (tertiary alicyclic amines) is 1. The van der Waals surface area contributed by atoms with Crippen LogP contribution in [0.4, 0.5) is 28.4 Å². The Bertz CT molecular complexity index is 958. The van der Waals surface area contributed by atoms with Crippen LogP contribution in [-0.4, -0.2) is 41.0 Å². The van der Waals surface area contributed by atoms with Crippen molar-refractivity contribution in [2.45, 2.75) is 25.9 Å². The van der Waals surface area contributed by atoms with Crippen LogP contribution in [0.1, 0.15) is 25.5 Å². The lowest BCUT2D eigenvalue weighted by Gasteiger charge is -2.33. The van der Waals surface area contributed by atoms with Gasteiger partial charge in [-0.25, -0.2) is 9.37 Å². The van der Waals surface area contributed by atoms with Crippen molar-refractivity contribution in [2.24, 2.45) is 5.92 Å². The molecule has 0 N–H and O–H groups in total. The summed E-state index contributed by atoms with van der Waals surface area (Å²) in [7, 11) is 0. The summed E-state index contributed by atoms with van der Waals surface area (Å²) in [6.45, 7) is 1.18. The summed E-state index contributed by atoms with van der Waals surface area (Å²) in [5.74, 6) is -3.07. The molecule has 0 spiro atoms. The Hall–Kier alpha value is -2.75. The largest absolute Gasteiger partial charge is 0.393 e. The molecule has 1 unspecified atom stereocenters. The summed E-state index contributed by atoms with van der Waals surface area (Å²) in [6.07, 6.45) is -1.47. The van der Waals surface area contributed by atoms with Gasteiger partial charge >= 0.3 is 6.18 Å². The van der Waals surface area contributed by atoms with E-state index in [1.54, 1.807) is 11.4 Å². The van der Waals surface area contributed by atoms with Crippen LogP contribution >= 0.6 is 11.3 Å². The van der Waals surface area contributed by atoms with E-state index < -0.39 is 29.7 Å². The van der Waals surface area contributed by atoms with Crippen molar-refractivity contribution < 1.29 is 27.2 Å². The molecule has 3 rings (SSSR count). The second-order valence-corrected chi connectivity index (χ2v) is 7.70. The van der Waals surface area contributed by atoms with E-state index in [0.717, 1.165) is 16.2 Å². The average Bonchev–Trinajstić information content (AvgIpc) is 3.15. The molecule has 160 valence electrons. The fraction of sp³-hybridized carbons (Fsp3) is 0.350. The lowest BCUT2D eigenvalue weighted by molar-refractivity contribution is -0.187. The zero-order valence-corrected chi connectivity index (χ0v) is 16.8. The Morgan fingerprint density at radius 2 is 2.03 bits per heavy atom. The number of thiazole rings is 1. The number of rotatable bonds is 4. The normalized spacial score (nSPS) is 17.4. The molecule has 1 aliphatic heterocycles. The Morgan fingerprint density at radius 3 is 2.70 bits per heavy atom. The first kappa shape index (κ1) is 21.9. The number of anilines is 2. The van der Waals surface area contributed by atoms with Crippen LogP contribution in [0.3, 0.4) is 0 Å². The van der Waals surface area contributed by atoms with E-state index in [0.29, 0.717) is 12.1 Å². The Kier molecular flexibility index (Phi) is 6.55. The molecule has 0 saturated carbocycles. The van der Waals surface area contributed by atoms with Gasteiger partial charge in [0.25, 0.3) is 0 Å². The van der Waals surface area contributed by atoms with Gasteiger partial charge in [0.05, 0.1) is 17.3 Å². The number of hydrogen-bond acceptors (Lipinski definition) is 4. The highest BCUT2D eigenvalue weighted by molar-refractivity contribution is 7.14. The van der Waals surface area contributed by atoms with Gasteiger partial charge in [-0.15, -0.1) is 11.3 Å². The van der Waals surface area contributed by atoms with Crippen molar-refractivity contribution in [3.63, 3.8) is 0 Å². The van der Waals surface area contributed by atoms with Crippen molar-refractivity contribution in [3.05, 3.63) is 47.2 Å². The van der Waals surface area contributed by atoms with E-state index in [1.165, 1.54) is 42.2 Å². The molecule has 0 radical (unpaired) electrons. The Labute approximate surface area is 174 Å². The molecule has 1 aromatic carbocycles. The lowest BCUT2D eigenvalue weighted by atomic mass is 9.97. The topological polar surface area (TPSA) is 53.5 Å². The number of alkyl halides is 3. The minimum Gasteiger partial charge on any atom is -0.339 e. The van der Waals surface area contributed by atoms with Crippen molar-refractivity contribution in [2.75, 3.05) is 18.0 Å². The van der Waals surface area contributed by atoms with Gasteiger partial charge in [-0.1, -0.05) is 12.1 Å². The maximum Gasteiger partial charge on any atom is 0.393 e. The van der Waals surface area contributed by atoms with Crippen molar-refractivity contribution >= 4 is 40.0 Å². The van der Waals surface area contributed by atoms with Crippen LogP contribution in [0.25, 0.3) is 6.08 Å². The highest BCUT2D eigenvalue weighted by Gasteiger charge is 2.42. The van der Waals surface area contributed by atoms with Crippen molar-refractivity contribution in [1.82, 2.24) is 9.88 Å². The van der Waals surface area contributed by atoms with E-state index in [1.807, 2.05) is 0 Å². The molecule has 1 atom stereocenters. The first-order valence-electron chi connectivity index (χ1n) is 9.21. The summed E-state index contributed by atoms with van der Waals surface area (Å²) < 4.78 is 52.9. The first-order valence-corrected chi connectivity index (χ1v) is 10.1. The van der Waals surface area contributed by atoms with E-state index in [-0.39, 0.29) is 30.3 Å².